The van der Waals surface area contributed by atoms with Crippen LogP contribution >= 0.6 is 27.5 Å². The van der Waals surface area contributed by atoms with E-state index < -0.39 is 0 Å². The van der Waals surface area contributed by atoms with Crippen molar-refractivity contribution >= 4 is 39.1 Å². The third-order valence-electron chi connectivity index (χ3n) is 2.49. The van der Waals surface area contributed by atoms with E-state index in [0.717, 1.165) is 10.0 Å². The van der Waals surface area contributed by atoms with Crippen molar-refractivity contribution in [1.82, 2.24) is 10.3 Å². The van der Waals surface area contributed by atoms with Gasteiger partial charge in [-0.1, -0.05) is 39.7 Å². The van der Waals surface area contributed by atoms with Crippen molar-refractivity contribution in [3.63, 3.8) is 0 Å². The van der Waals surface area contributed by atoms with E-state index in [1.165, 1.54) is 12.3 Å². The normalized spacial score (nSPS) is 10.2. The molecule has 6 heteroatoms. The van der Waals surface area contributed by atoms with Gasteiger partial charge in [0, 0.05) is 11.0 Å². The van der Waals surface area contributed by atoms with Gasteiger partial charge in [0.2, 0.25) is 0 Å². The molecule has 0 spiro atoms. The molecule has 0 atom stereocenters. The number of anilines is 1. The maximum absolute atomic E-state index is 12.0. The number of nitrogens with zero attached hydrogens (tertiary/aromatic N) is 1. The summed E-state index contributed by atoms with van der Waals surface area (Å²) >= 11 is 9.12. The lowest BCUT2D eigenvalue weighted by atomic mass is 10.2. The molecule has 1 aromatic heterocycles. The van der Waals surface area contributed by atoms with Crippen molar-refractivity contribution < 1.29 is 4.79 Å². The molecule has 0 unspecified atom stereocenters. The van der Waals surface area contributed by atoms with Crippen LogP contribution in [0, 0.1) is 0 Å². The highest BCUT2D eigenvalue weighted by atomic mass is 79.9. The molecule has 0 radical (unpaired) electrons. The summed E-state index contributed by atoms with van der Waals surface area (Å²) < 4.78 is 0.964. The van der Waals surface area contributed by atoms with E-state index in [4.69, 9.17) is 17.3 Å². The number of hydrogen-bond acceptors (Lipinski definition) is 3. The number of carbonyl (C=O) groups is 1. The number of hydrogen-bond donors (Lipinski definition) is 2. The Balaban J connectivity index is 2.07. The molecule has 2 aromatic rings. The topological polar surface area (TPSA) is 68.0 Å². The Hall–Kier alpha value is -1.59. The molecule has 0 bridgehead atoms. The molecule has 0 aliphatic rings. The Bertz CT molecular complexity index is 619. The first kappa shape index (κ1) is 13.8. The van der Waals surface area contributed by atoms with Crippen LogP contribution in [0.3, 0.4) is 0 Å². The van der Waals surface area contributed by atoms with Crippen molar-refractivity contribution in [2.45, 2.75) is 6.54 Å². The third kappa shape index (κ3) is 3.68. The van der Waals surface area contributed by atoms with Crippen LogP contribution in [0.5, 0.6) is 0 Å². The van der Waals surface area contributed by atoms with Gasteiger partial charge in [-0.15, -0.1) is 0 Å². The Morgan fingerprint density at radius 1 is 1.42 bits per heavy atom. The van der Waals surface area contributed by atoms with Crippen LogP contribution in [0.25, 0.3) is 0 Å². The highest BCUT2D eigenvalue weighted by molar-refractivity contribution is 9.10. The number of pyridine rings is 1. The van der Waals surface area contributed by atoms with Gasteiger partial charge in [-0.05, 0) is 23.8 Å². The lowest BCUT2D eigenvalue weighted by Crippen LogP contribution is -2.23. The number of nitrogens with two attached hydrogens (primary N) is 1. The summed E-state index contributed by atoms with van der Waals surface area (Å²) in [6, 6.07) is 9.14. The summed E-state index contributed by atoms with van der Waals surface area (Å²) in [6.07, 6.45) is 1.37. The van der Waals surface area contributed by atoms with Gasteiger partial charge >= 0.3 is 0 Å². The van der Waals surface area contributed by atoms with Crippen LogP contribution in [0.4, 0.5) is 5.69 Å². The monoisotopic (exact) mass is 339 g/mol. The number of aromatic nitrogens is 1. The van der Waals surface area contributed by atoms with E-state index >= 15 is 0 Å². The molecular weight excluding hydrogens is 330 g/mol. The molecule has 1 aromatic carbocycles. The summed E-state index contributed by atoms with van der Waals surface area (Å²) in [7, 11) is 0. The van der Waals surface area contributed by atoms with Crippen molar-refractivity contribution in [2.75, 3.05) is 5.73 Å². The van der Waals surface area contributed by atoms with Crippen LogP contribution in [-0.2, 0) is 6.54 Å². The first-order valence-corrected chi connectivity index (χ1v) is 6.67. The lowest BCUT2D eigenvalue weighted by Gasteiger charge is -2.08. The third-order valence-corrected chi connectivity index (χ3v) is 3.19. The number of nitrogen functional groups attached to an aromatic ring is 1. The van der Waals surface area contributed by atoms with Gasteiger partial charge in [0.25, 0.3) is 5.91 Å². The summed E-state index contributed by atoms with van der Waals surface area (Å²) in [6.45, 7) is 0.414. The SMILES string of the molecule is Nc1cnc(Cl)cc1C(=O)NCc1cccc(Br)c1. The molecule has 2 rings (SSSR count). The van der Waals surface area contributed by atoms with Crippen molar-refractivity contribution in [3.05, 3.63) is 57.3 Å². The van der Waals surface area contributed by atoms with Gasteiger partial charge in [0.1, 0.15) is 5.15 Å². The fourth-order valence-electron chi connectivity index (χ4n) is 1.56. The van der Waals surface area contributed by atoms with Crippen LogP contribution in [0.15, 0.2) is 41.0 Å². The van der Waals surface area contributed by atoms with E-state index in [9.17, 15) is 4.79 Å². The van der Waals surface area contributed by atoms with Crippen LogP contribution < -0.4 is 11.1 Å². The first-order chi connectivity index (χ1) is 9.06. The molecule has 1 amide bonds. The molecule has 98 valence electrons. The highest BCUT2D eigenvalue weighted by Gasteiger charge is 2.10. The molecule has 19 heavy (non-hydrogen) atoms. The zero-order valence-corrected chi connectivity index (χ0v) is 12.2. The Morgan fingerprint density at radius 3 is 2.95 bits per heavy atom. The largest absolute Gasteiger partial charge is 0.397 e. The minimum atomic E-state index is -0.276. The average Bonchev–Trinajstić information content (AvgIpc) is 2.39. The number of benzene rings is 1. The Morgan fingerprint density at radius 2 is 2.21 bits per heavy atom. The zero-order chi connectivity index (χ0) is 13.8. The van der Waals surface area contributed by atoms with Gasteiger partial charge in [0.05, 0.1) is 17.4 Å². The molecule has 3 N–H and O–H groups in total. The van der Waals surface area contributed by atoms with E-state index in [0.29, 0.717) is 17.8 Å². The molecule has 0 saturated heterocycles. The number of rotatable bonds is 3. The summed E-state index contributed by atoms with van der Waals surface area (Å²) in [4.78, 5) is 15.8. The van der Waals surface area contributed by atoms with Gasteiger partial charge in [0.15, 0.2) is 0 Å². The number of carbonyl (C=O) groups excluding carboxylic acids is 1. The predicted molar refractivity (Wildman–Crippen MR) is 79.0 cm³/mol. The van der Waals surface area contributed by atoms with E-state index in [2.05, 4.69) is 26.2 Å². The fraction of sp³-hybridized carbons (Fsp3) is 0.0769. The smallest absolute Gasteiger partial charge is 0.253 e. The van der Waals surface area contributed by atoms with E-state index in [1.54, 1.807) is 0 Å². The van der Waals surface area contributed by atoms with Gasteiger partial charge in [-0.25, -0.2) is 4.98 Å². The van der Waals surface area contributed by atoms with Crippen LogP contribution in [0.1, 0.15) is 15.9 Å². The molecule has 0 saturated carbocycles. The summed E-state index contributed by atoms with van der Waals surface area (Å²) in [5.41, 5.74) is 7.31. The number of halogens is 2. The second-order valence-electron chi connectivity index (χ2n) is 3.91. The zero-order valence-electron chi connectivity index (χ0n) is 9.86. The Labute approximate surface area is 124 Å². The minimum Gasteiger partial charge on any atom is -0.397 e. The van der Waals surface area contributed by atoms with Crippen LogP contribution in [0.2, 0.25) is 5.15 Å². The lowest BCUT2D eigenvalue weighted by molar-refractivity contribution is 0.0951. The number of amides is 1. The maximum atomic E-state index is 12.0. The van der Waals surface area contributed by atoms with Crippen molar-refractivity contribution in [3.8, 4) is 0 Å². The summed E-state index contributed by atoms with van der Waals surface area (Å²) in [5, 5.41) is 3.02. The van der Waals surface area contributed by atoms with Crippen LogP contribution in [-0.4, -0.2) is 10.9 Å². The molecule has 4 nitrogen and oxygen atoms in total. The van der Waals surface area contributed by atoms with Gasteiger partial charge < -0.3 is 11.1 Å². The van der Waals surface area contributed by atoms with E-state index in [1.807, 2.05) is 24.3 Å². The maximum Gasteiger partial charge on any atom is 0.253 e. The predicted octanol–water partition coefficient (Wildman–Crippen LogP) is 3.01. The fourth-order valence-corrected chi connectivity index (χ4v) is 2.17. The quantitative estimate of drug-likeness (QED) is 0.844. The van der Waals surface area contributed by atoms with Gasteiger partial charge in [-0.2, -0.15) is 0 Å². The second kappa shape index (κ2) is 6.04. The molecule has 0 aliphatic heterocycles. The van der Waals surface area contributed by atoms with Crippen molar-refractivity contribution in [1.29, 1.82) is 0 Å². The molecular formula is C13H11BrClN3O. The second-order valence-corrected chi connectivity index (χ2v) is 5.21. The minimum absolute atomic E-state index is 0.238. The Kier molecular flexibility index (Phi) is 4.39. The first-order valence-electron chi connectivity index (χ1n) is 5.50. The molecule has 0 fully saturated rings. The average molecular weight is 341 g/mol. The molecule has 0 aliphatic carbocycles. The standard InChI is InChI=1S/C13H11BrClN3O/c14-9-3-1-2-8(4-9)6-18-13(19)10-5-12(15)17-7-11(10)16/h1-5,7H,6,16H2,(H,18,19). The highest BCUT2D eigenvalue weighted by Crippen LogP contribution is 2.15. The summed E-state index contributed by atoms with van der Waals surface area (Å²) in [5.74, 6) is -0.276. The van der Waals surface area contributed by atoms with E-state index in [-0.39, 0.29) is 11.1 Å². The van der Waals surface area contributed by atoms with Gasteiger partial charge in [-0.3, -0.25) is 4.79 Å². The molecule has 1 heterocycles. The number of nitrogens with one attached hydrogen (secondary N) is 1. The van der Waals surface area contributed by atoms with Crippen molar-refractivity contribution in [2.24, 2.45) is 0 Å².